The molecular formula is C19H22N6. The van der Waals surface area contributed by atoms with E-state index < -0.39 is 0 Å². The second-order valence-corrected chi connectivity index (χ2v) is 6.43. The molecule has 0 radical (unpaired) electrons. The lowest BCUT2D eigenvalue weighted by Crippen LogP contribution is -2.23. The maximum Gasteiger partial charge on any atom is 0.131 e. The first-order valence-electron chi connectivity index (χ1n) is 8.67. The van der Waals surface area contributed by atoms with E-state index in [4.69, 9.17) is 0 Å². The normalized spacial score (nSPS) is 17.7. The number of aromatic nitrogens is 4. The maximum atomic E-state index is 4.49. The molecule has 1 fully saturated rings. The quantitative estimate of drug-likeness (QED) is 0.746. The van der Waals surface area contributed by atoms with Crippen LogP contribution in [0.25, 0.3) is 0 Å². The van der Waals surface area contributed by atoms with E-state index in [1.807, 2.05) is 43.7 Å². The molecular weight excluding hydrogens is 312 g/mol. The third kappa shape index (κ3) is 3.69. The Morgan fingerprint density at radius 1 is 1.20 bits per heavy atom. The number of rotatable bonds is 5. The summed E-state index contributed by atoms with van der Waals surface area (Å²) >= 11 is 0. The van der Waals surface area contributed by atoms with Crippen molar-refractivity contribution in [2.45, 2.75) is 32.4 Å². The number of nitrogens with one attached hydrogen (secondary N) is 2. The number of aryl methyl sites for hydroxylation is 1. The molecule has 4 heterocycles. The van der Waals surface area contributed by atoms with Crippen molar-refractivity contribution in [1.29, 1.82) is 0 Å². The van der Waals surface area contributed by atoms with Crippen molar-refractivity contribution >= 4 is 11.6 Å². The number of anilines is 2. The minimum atomic E-state index is 0.402. The minimum absolute atomic E-state index is 0.402. The molecule has 0 unspecified atom stereocenters. The molecule has 0 bridgehead atoms. The number of likely N-dealkylation sites (tertiary alicyclic amines) is 1. The Morgan fingerprint density at radius 2 is 2.16 bits per heavy atom. The Hall–Kier alpha value is -2.73. The van der Waals surface area contributed by atoms with E-state index in [2.05, 4.69) is 42.3 Å². The van der Waals surface area contributed by atoms with Crippen LogP contribution < -0.4 is 5.32 Å². The molecule has 0 spiro atoms. The van der Waals surface area contributed by atoms with Crippen LogP contribution in [0.4, 0.5) is 11.6 Å². The Bertz CT molecular complexity index is 829. The van der Waals surface area contributed by atoms with Gasteiger partial charge in [-0.3, -0.25) is 4.90 Å². The monoisotopic (exact) mass is 334 g/mol. The van der Waals surface area contributed by atoms with Crippen LogP contribution in [-0.2, 0) is 6.54 Å². The SMILES string of the molecule is Cc1cccc(Nc2cc([C@@H]3CCCN3Cc3ncc[nH]3)ccn2)n1. The van der Waals surface area contributed by atoms with E-state index in [1.54, 1.807) is 0 Å². The van der Waals surface area contributed by atoms with Crippen molar-refractivity contribution in [3.63, 3.8) is 0 Å². The second kappa shape index (κ2) is 7.03. The summed E-state index contributed by atoms with van der Waals surface area (Å²) in [7, 11) is 0. The molecule has 1 aliphatic heterocycles. The van der Waals surface area contributed by atoms with Gasteiger partial charge >= 0.3 is 0 Å². The zero-order chi connectivity index (χ0) is 17.1. The van der Waals surface area contributed by atoms with Gasteiger partial charge in [0, 0.05) is 30.3 Å². The van der Waals surface area contributed by atoms with Crippen LogP contribution in [0.5, 0.6) is 0 Å². The van der Waals surface area contributed by atoms with Crippen molar-refractivity contribution in [3.05, 3.63) is 66.0 Å². The van der Waals surface area contributed by atoms with E-state index in [9.17, 15) is 0 Å². The standard InChI is InChI=1S/C19H22N6/c1-14-4-2-6-17(23-14)24-18-12-15(7-8-20-18)16-5-3-11-25(16)13-19-21-9-10-22-19/h2,4,6-10,12,16H,3,5,11,13H2,1H3,(H,21,22)(H,20,23,24)/t16-/m0/s1. The summed E-state index contributed by atoms with van der Waals surface area (Å²) < 4.78 is 0. The van der Waals surface area contributed by atoms with Crippen LogP contribution >= 0.6 is 0 Å². The topological polar surface area (TPSA) is 69.7 Å². The van der Waals surface area contributed by atoms with E-state index in [-0.39, 0.29) is 0 Å². The summed E-state index contributed by atoms with van der Waals surface area (Å²) in [4.78, 5) is 19.0. The number of pyridine rings is 2. The van der Waals surface area contributed by atoms with Crippen LogP contribution in [0, 0.1) is 6.92 Å². The average molecular weight is 334 g/mol. The first-order valence-corrected chi connectivity index (χ1v) is 8.67. The average Bonchev–Trinajstić information content (AvgIpc) is 3.27. The molecule has 3 aromatic heterocycles. The molecule has 6 heteroatoms. The second-order valence-electron chi connectivity index (χ2n) is 6.43. The molecule has 0 aliphatic carbocycles. The highest BCUT2D eigenvalue weighted by molar-refractivity contribution is 5.52. The van der Waals surface area contributed by atoms with Crippen molar-refractivity contribution in [1.82, 2.24) is 24.8 Å². The Labute approximate surface area is 147 Å². The van der Waals surface area contributed by atoms with Gasteiger partial charge in [0.15, 0.2) is 0 Å². The molecule has 2 N–H and O–H groups in total. The van der Waals surface area contributed by atoms with Crippen molar-refractivity contribution in [3.8, 4) is 0 Å². The molecule has 3 aromatic rings. The molecule has 0 aromatic carbocycles. The lowest BCUT2D eigenvalue weighted by molar-refractivity contribution is 0.243. The van der Waals surface area contributed by atoms with Gasteiger partial charge in [0.05, 0.1) is 6.54 Å². The van der Waals surface area contributed by atoms with Gasteiger partial charge in [-0.1, -0.05) is 6.07 Å². The number of hydrogen-bond acceptors (Lipinski definition) is 5. The first-order chi connectivity index (χ1) is 12.3. The van der Waals surface area contributed by atoms with E-state index >= 15 is 0 Å². The zero-order valence-corrected chi connectivity index (χ0v) is 14.3. The summed E-state index contributed by atoms with van der Waals surface area (Å²) in [5.41, 5.74) is 2.27. The number of nitrogens with zero attached hydrogens (tertiary/aromatic N) is 4. The van der Waals surface area contributed by atoms with Gasteiger partial charge in [0.25, 0.3) is 0 Å². The smallest absolute Gasteiger partial charge is 0.131 e. The fourth-order valence-corrected chi connectivity index (χ4v) is 3.44. The fraction of sp³-hybridized carbons (Fsp3) is 0.316. The predicted octanol–water partition coefficient (Wildman–Crippen LogP) is 3.59. The molecule has 128 valence electrons. The van der Waals surface area contributed by atoms with Crippen molar-refractivity contribution < 1.29 is 0 Å². The molecule has 4 rings (SSSR count). The van der Waals surface area contributed by atoms with E-state index in [0.29, 0.717) is 6.04 Å². The lowest BCUT2D eigenvalue weighted by Gasteiger charge is -2.24. The summed E-state index contributed by atoms with van der Waals surface area (Å²) in [6, 6.07) is 10.6. The third-order valence-corrected chi connectivity index (χ3v) is 4.58. The molecule has 6 nitrogen and oxygen atoms in total. The first kappa shape index (κ1) is 15.8. The van der Waals surface area contributed by atoms with Gasteiger partial charge < -0.3 is 10.3 Å². The Morgan fingerprint density at radius 3 is 3.00 bits per heavy atom. The van der Waals surface area contributed by atoms with Gasteiger partial charge in [-0.2, -0.15) is 0 Å². The van der Waals surface area contributed by atoms with Gasteiger partial charge in [0.1, 0.15) is 17.5 Å². The van der Waals surface area contributed by atoms with Crippen LogP contribution in [0.2, 0.25) is 0 Å². The number of H-pyrrole nitrogens is 1. The Balaban J connectivity index is 1.52. The van der Waals surface area contributed by atoms with Crippen molar-refractivity contribution in [2.24, 2.45) is 0 Å². The molecule has 25 heavy (non-hydrogen) atoms. The summed E-state index contributed by atoms with van der Waals surface area (Å²) in [5.74, 6) is 2.67. The molecule has 0 amide bonds. The molecule has 0 saturated carbocycles. The number of hydrogen-bond donors (Lipinski definition) is 2. The van der Waals surface area contributed by atoms with Gasteiger partial charge in [0.2, 0.25) is 0 Å². The van der Waals surface area contributed by atoms with Crippen LogP contribution in [-0.4, -0.2) is 31.4 Å². The minimum Gasteiger partial charge on any atom is -0.348 e. The van der Waals surface area contributed by atoms with Crippen LogP contribution in [0.1, 0.15) is 36.0 Å². The highest BCUT2D eigenvalue weighted by Crippen LogP contribution is 2.33. The number of aromatic amines is 1. The highest BCUT2D eigenvalue weighted by Gasteiger charge is 2.26. The van der Waals surface area contributed by atoms with Gasteiger partial charge in [-0.25, -0.2) is 15.0 Å². The summed E-state index contributed by atoms with van der Waals surface area (Å²) in [5, 5.41) is 3.31. The molecule has 1 aliphatic rings. The fourth-order valence-electron chi connectivity index (χ4n) is 3.44. The Kier molecular flexibility index (Phi) is 4.43. The van der Waals surface area contributed by atoms with Gasteiger partial charge in [-0.15, -0.1) is 0 Å². The van der Waals surface area contributed by atoms with Crippen LogP contribution in [0.15, 0.2) is 48.9 Å². The third-order valence-electron chi connectivity index (χ3n) is 4.58. The number of imidazole rings is 1. The zero-order valence-electron chi connectivity index (χ0n) is 14.3. The maximum absolute atomic E-state index is 4.49. The van der Waals surface area contributed by atoms with Gasteiger partial charge in [-0.05, 0) is 56.1 Å². The van der Waals surface area contributed by atoms with E-state index in [1.165, 1.54) is 12.0 Å². The summed E-state index contributed by atoms with van der Waals surface area (Å²) in [6.45, 7) is 3.93. The van der Waals surface area contributed by atoms with Crippen LogP contribution in [0.3, 0.4) is 0 Å². The van der Waals surface area contributed by atoms with Crippen molar-refractivity contribution in [2.75, 3.05) is 11.9 Å². The summed E-state index contributed by atoms with van der Waals surface area (Å²) in [6.07, 6.45) is 7.92. The highest BCUT2D eigenvalue weighted by atomic mass is 15.2. The van der Waals surface area contributed by atoms with E-state index in [0.717, 1.165) is 42.7 Å². The predicted molar refractivity (Wildman–Crippen MR) is 97.5 cm³/mol. The molecule has 1 atom stereocenters. The lowest BCUT2D eigenvalue weighted by atomic mass is 10.1. The molecule has 1 saturated heterocycles. The largest absolute Gasteiger partial charge is 0.348 e.